The van der Waals surface area contributed by atoms with Crippen molar-refractivity contribution < 1.29 is 0 Å². The van der Waals surface area contributed by atoms with Crippen molar-refractivity contribution in [1.29, 1.82) is 0 Å². The van der Waals surface area contributed by atoms with Crippen molar-refractivity contribution in [3.05, 3.63) is 16.5 Å². The summed E-state index contributed by atoms with van der Waals surface area (Å²) < 4.78 is 0. The van der Waals surface area contributed by atoms with Crippen LogP contribution >= 0.6 is 11.6 Å². The van der Waals surface area contributed by atoms with Gasteiger partial charge in [0.25, 0.3) is 0 Å². The molecule has 110 valence electrons. The van der Waals surface area contributed by atoms with Crippen LogP contribution in [-0.4, -0.2) is 23.1 Å². The van der Waals surface area contributed by atoms with Crippen molar-refractivity contribution in [3.8, 4) is 0 Å². The molecule has 1 saturated carbocycles. The molecule has 0 radical (unpaired) electrons. The minimum Gasteiger partial charge on any atom is -0.356 e. The fraction of sp³-hybridized carbons (Fsp3) is 0.750. The molecule has 20 heavy (non-hydrogen) atoms. The van der Waals surface area contributed by atoms with E-state index in [0.717, 1.165) is 42.1 Å². The lowest BCUT2D eigenvalue weighted by Gasteiger charge is -2.35. The van der Waals surface area contributed by atoms with Gasteiger partial charge in [-0.3, -0.25) is 0 Å². The molecule has 2 fully saturated rings. The zero-order valence-corrected chi connectivity index (χ0v) is 13.5. The second kappa shape index (κ2) is 5.51. The Morgan fingerprint density at radius 1 is 1.10 bits per heavy atom. The Hall–Kier alpha value is -0.830. The number of hydrogen-bond donors (Lipinski definition) is 0. The van der Waals surface area contributed by atoms with Gasteiger partial charge < -0.3 is 4.90 Å². The molecule has 0 atom stereocenters. The normalized spacial score (nSPS) is 20.8. The van der Waals surface area contributed by atoms with Gasteiger partial charge in [0.05, 0.1) is 0 Å². The van der Waals surface area contributed by atoms with Crippen LogP contribution in [0.1, 0.15) is 56.8 Å². The summed E-state index contributed by atoms with van der Waals surface area (Å²) in [5.74, 6) is 4.23. The van der Waals surface area contributed by atoms with Gasteiger partial charge in [-0.05, 0) is 44.4 Å². The van der Waals surface area contributed by atoms with Crippen molar-refractivity contribution >= 4 is 17.4 Å². The van der Waals surface area contributed by atoms with Crippen molar-refractivity contribution in [1.82, 2.24) is 9.97 Å². The van der Waals surface area contributed by atoms with Gasteiger partial charge in [0.15, 0.2) is 0 Å². The summed E-state index contributed by atoms with van der Waals surface area (Å²) in [6.07, 6.45) is 4.96. The molecule has 1 aliphatic heterocycles. The smallest absolute Gasteiger partial charge is 0.137 e. The summed E-state index contributed by atoms with van der Waals surface area (Å²) in [7, 11) is 0. The molecule has 0 aromatic carbocycles. The van der Waals surface area contributed by atoms with E-state index in [1.54, 1.807) is 0 Å². The van der Waals surface area contributed by atoms with E-state index in [0.29, 0.717) is 11.1 Å². The number of rotatable bonds is 3. The molecule has 2 aliphatic rings. The third-order valence-corrected chi connectivity index (χ3v) is 5.17. The Morgan fingerprint density at radius 2 is 1.75 bits per heavy atom. The van der Waals surface area contributed by atoms with Gasteiger partial charge >= 0.3 is 0 Å². The van der Waals surface area contributed by atoms with Crippen molar-refractivity contribution in [2.24, 2.45) is 11.8 Å². The summed E-state index contributed by atoms with van der Waals surface area (Å²) in [4.78, 5) is 11.7. The monoisotopic (exact) mass is 293 g/mol. The summed E-state index contributed by atoms with van der Waals surface area (Å²) >= 11 is 6.31. The maximum absolute atomic E-state index is 6.31. The van der Waals surface area contributed by atoms with E-state index in [2.05, 4.69) is 23.7 Å². The summed E-state index contributed by atoms with van der Waals surface area (Å²) in [6, 6.07) is 0. The molecule has 0 N–H and O–H groups in total. The van der Waals surface area contributed by atoms with Crippen LogP contribution in [0, 0.1) is 18.8 Å². The molecule has 1 aromatic rings. The van der Waals surface area contributed by atoms with Crippen LogP contribution in [0.15, 0.2) is 0 Å². The van der Waals surface area contributed by atoms with Crippen LogP contribution < -0.4 is 4.90 Å². The standard InChI is InChI=1S/C16H24ClN3/c1-10(2)12-6-8-20(9-7-12)16-11(3)14(17)18-15(19-16)13-4-5-13/h10,12-13H,4-9H2,1-3H3. The quantitative estimate of drug-likeness (QED) is 0.783. The van der Waals surface area contributed by atoms with Crippen molar-refractivity contribution in [3.63, 3.8) is 0 Å². The zero-order valence-electron chi connectivity index (χ0n) is 12.7. The molecule has 0 amide bonds. The van der Waals surface area contributed by atoms with E-state index in [-0.39, 0.29) is 0 Å². The molecule has 3 rings (SSSR count). The lowest BCUT2D eigenvalue weighted by molar-refractivity contribution is 0.310. The summed E-state index contributed by atoms with van der Waals surface area (Å²) in [6.45, 7) is 8.90. The van der Waals surface area contributed by atoms with Gasteiger partial charge in [0.2, 0.25) is 0 Å². The van der Waals surface area contributed by atoms with Crippen LogP contribution in [0.5, 0.6) is 0 Å². The molecule has 3 nitrogen and oxygen atoms in total. The van der Waals surface area contributed by atoms with Gasteiger partial charge in [0, 0.05) is 24.6 Å². The number of nitrogens with zero attached hydrogens (tertiary/aromatic N) is 3. The molecule has 0 spiro atoms. The molecule has 0 unspecified atom stereocenters. The van der Waals surface area contributed by atoms with Crippen LogP contribution in [0.2, 0.25) is 5.15 Å². The second-order valence-corrected chi connectivity index (χ2v) is 7.02. The molecule has 2 heterocycles. The Balaban J connectivity index is 1.80. The third-order valence-electron chi connectivity index (χ3n) is 4.80. The highest BCUT2D eigenvalue weighted by atomic mass is 35.5. The van der Waals surface area contributed by atoms with E-state index < -0.39 is 0 Å². The average molecular weight is 294 g/mol. The maximum Gasteiger partial charge on any atom is 0.137 e. The maximum atomic E-state index is 6.31. The lowest BCUT2D eigenvalue weighted by Crippen LogP contribution is -2.36. The van der Waals surface area contributed by atoms with E-state index in [9.17, 15) is 0 Å². The first kappa shape index (κ1) is 14.1. The number of halogens is 1. The van der Waals surface area contributed by atoms with Crippen LogP contribution in [0.4, 0.5) is 5.82 Å². The molecule has 1 aliphatic carbocycles. The fourth-order valence-corrected chi connectivity index (χ4v) is 3.28. The Morgan fingerprint density at radius 3 is 2.30 bits per heavy atom. The minimum absolute atomic E-state index is 0.556. The average Bonchev–Trinajstić information content (AvgIpc) is 3.26. The molecule has 1 aromatic heterocycles. The van der Waals surface area contributed by atoms with E-state index in [1.165, 1.54) is 25.7 Å². The summed E-state index contributed by atoms with van der Waals surface area (Å²) in [5.41, 5.74) is 1.04. The van der Waals surface area contributed by atoms with Gasteiger partial charge in [-0.15, -0.1) is 0 Å². The summed E-state index contributed by atoms with van der Waals surface area (Å²) in [5, 5.41) is 0.642. The Labute approximate surface area is 126 Å². The molecule has 0 bridgehead atoms. The second-order valence-electron chi connectivity index (χ2n) is 6.66. The first-order valence-electron chi connectivity index (χ1n) is 7.85. The van der Waals surface area contributed by atoms with Crippen LogP contribution in [0.3, 0.4) is 0 Å². The SMILES string of the molecule is Cc1c(Cl)nc(C2CC2)nc1N1CCC(C(C)C)CC1. The first-order chi connectivity index (χ1) is 9.56. The van der Waals surface area contributed by atoms with Gasteiger partial charge in [-0.2, -0.15) is 0 Å². The highest BCUT2D eigenvalue weighted by molar-refractivity contribution is 6.30. The van der Waals surface area contributed by atoms with Gasteiger partial charge in [0.1, 0.15) is 16.8 Å². The highest BCUT2D eigenvalue weighted by Crippen LogP contribution is 2.40. The molecular weight excluding hydrogens is 270 g/mol. The van der Waals surface area contributed by atoms with E-state index in [4.69, 9.17) is 16.6 Å². The number of hydrogen-bond acceptors (Lipinski definition) is 3. The van der Waals surface area contributed by atoms with Crippen LogP contribution in [0.25, 0.3) is 0 Å². The highest BCUT2D eigenvalue weighted by Gasteiger charge is 2.30. The number of aromatic nitrogens is 2. The van der Waals surface area contributed by atoms with Crippen molar-refractivity contribution in [2.75, 3.05) is 18.0 Å². The molecule has 4 heteroatoms. The first-order valence-corrected chi connectivity index (χ1v) is 8.23. The number of anilines is 1. The molecule has 1 saturated heterocycles. The van der Waals surface area contributed by atoms with E-state index in [1.807, 2.05) is 6.92 Å². The fourth-order valence-electron chi connectivity index (χ4n) is 3.10. The van der Waals surface area contributed by atoms with Gasteiger partial charge in [-0.25, -0.2) is 9.97 Å². The number of piperidine rings is 1. The van der Waals surface area contributed by atoms with Gasteiger partial charge in [-0.1, -0.05) is 25.4 Å². The predicted molar refractivity (Wildman–Crippen MR) is 83.5 cm³/mol. The predicted octanol–water partition coefficient (Wildman–Crippen LogP) is 4.19. The lowest BCUT2D eigenvalue weighted by atomic mass is 9.86. The minimum atomic E-state index is 0.556. The molecular formula is C16H24ClN3. The zero-order chi connectivity index (χ0) is 14.3. The largest absolute Gasteiger partial charge is 0.356 e. The van der Waals surface area contributed by atoms with Crippen LogP contribution in [-0.2, 0) is 0 Å². The Bertz CT molecular complexity index is 489. The Kier molecular flexibility index (Phi) is 3.89. The topological polar surface area (TPSA) is 29.0 Å². The third kappa shape index (κ3) is 2.78. The van der Waals surface area contributed by atoms with E-state index >= 15 is 0 Å². The van der Waals surface area contributed by atoms with Crippen molar-refractivity contribution in [2.45, 2.75) is 52.4 Å².